The monoisotopic (exact) mass is 283 g/mol. The predicted octanol–water partition coefficient (Wildman–Crippen LogP) is 1.66. The largest absolute Gasteiger partial charge is 0.272 e. The molecule has 0 heterocycles. The standard InChI is InChI=1S/C11H13N3O4S/c1-3-11(8-12)19(17,18)13(2)9-4-6-10(7-5-9)14(15)16/h4-7,11H,3H2,1-2H3. The summed E-state index contributed by atoms with van der Waals surface area (Å²) in [4.78, 5) is 9.94. The van der Waals surface area contributed by atoms with Crippen LogP contribution in [0.3, 0.4) is 0 Å². The van der Waals surface area contributed by atoms with E-state index < -0.39 is 20.2 Å². The van der Waals surface area contributed by atoms with Crippen molar-refractivity contribution in [3.05, 3.63) is 34.4 Å². The molecule has 19 heavy (non-hydrogen) atoms. The van der Waals surface area contributed by atoms with Gasteiger partial charge in [-0.25, -0.2) is 8.42 Å². The van der Waals surface area contributed by atoms with E-state index in [4.69, 9.17) is 5.26 Å². The lowest BCUT2D eigenvalue weighted by atomic mass is 10.3. The maximum Gasteiger partial charge on any atom is 0.269 e. The summed E-state index contributed by atoms with van der Waals surface area (Å²) in [6.45, 7) is 1.61. The quantitative estimate of drug-likeness (QED) is 0.603. The average Bonchev–Trinajstić information content (AvgIpc) is 2.39. The van der Waals surface area contributed by atoms with E-state index in [1.165, 1.54) is 31.3 Å². The Kier molecular flexibility index (Phi) is 4.45. The topological polar surface area (TPSA) is 104 Å². The number of nitriles is 1. The van der Waals surface area contributed by atoms with Gasteiger partial charge in [0.2, 0.25) is 0 Å². The van der Waals surface area contributed by atoms with Gasteiger partial charge in [0.05, 0.1) is 16.7 Å². The zero-order chi connectivity index (χ0) is 14.6. The molecule has 0 aliphatic rings. The van der Waals surface area contributed by atoms with Crippen molar-refractivity contribution in [3.8, 4) is 6.07 Å². The summed E-state index contributed by atoms with van der Waals surface area (Å²) in [6, 6.07) is 6.83. The van der Waals surface area contributed by atoms with Crippen LogP contribution in [0.1, 0.15) is 13.3 Å². The van der Waals surface area contributed by atoms with E-state index in [2.05, 4.69) is 0 Å². The highest BCUT2D eigenvalue weighted by molar-refractivity contribution is 7.93. The molecule has 0 bridgehead atoms. The molecule has 1 atom stereocenters. The van der Waals surface area contributed by atoms with Gasteiger partial charge in [-0.2, -0.15) is 5.26 Å². The Morgan fingerprint density at radius 1 is 1.42 bits per heavy atom. The maximum atomic E-state index is 12.1. The van der Waals surface area contributed by atoms with Crippen molar-refractivity contribution >= 4 is 21.4 Å². The molecule has 0 spiro atoms. The molecule has 0 saturated heterocycles. The molecule has 0 saturated carbocycles. The van der Waals surface area contributed by atoms with Crippen LogP contribution in [0.5, 0.6) is 0 Å². The summed E-state index contributed by atoms with van der Waals surface area (Å²) >= 11 is 0. The minimum absolute atomic E-state index is 0.123. The molecule has 0 aliphatic heterocycles. The zero-order valence-electron chi connectivity index (χ0n) is 10.5. The summed E-state index contributed by atoms with van der Waals surface area (Å²) in [5.74, 6) is 0. The highest BCUT2D eigenvalue weighted by atomic mass is 32.2. The van der Waals surface area contributed by atoms with Crippen molar-refractivity contribution in [3.63, 3.8) is 0 Å². The van der Waals surface area contributed by atoms with E-state index in [1.54, 1.807) is 13.0 Å². The van der Waals surface area contributed by atoms with Crippen LogP contribution in [0.15, 0.2) is 24.3 Å². The van der Waals surface area contributed by atoms with Crippen molar-refractivity contribution in [2.45, 2.75) is 18.6 Å². The van der Waals surface area contributed by atoms with Crippen LogP contribution in [-0.2, 0) is 10.0 Å². The molecular weight excluding hydrogens is 270 g/mol. The summed E-state index contributed by atoms with van der Waals surface area (Å²) in [7, 11) is -2.47. The van der Waals surface area contributed by atoms with Crippen LogP contribution in [-0.4, -0.2) is 25.6 Å². The summed E-state index contributed by atoms with van der Waals surface area (Å²) in [5.41, 5.74) is 0.154. The van der Waals surface area contributed by atoms with Crippen molar-refractivity contribution in [2.24, 2.45) is 0 Å². The third kappa shape index (κ3) is 3.00. The molecule has 0 N–H and O–H groups in total. The molecule has 0 fully saturated rings. The first-order valence-electron chi connectivity index (χ1n) is 5.46. The second-order valence-electron chi connectivity index (χ2n) is 3.81. The Morgan fingerprint density at radius 3 is 2.32 bits per heavy atom. The molecule has 8 heteroatoms. The number of nitro benzene ring substituents is 1. The van der Waals surface area contributed by atoms with Gasteiger partial charge in [-0.15, -0.1) is 0 Å². The molecule has 0 aliphatic carbocycles. The number of hydrogen-bond donors (Lipinski definition) is 0. The summed E-state index contributed by atoms with van der Waals surface area (Å²) in [6.07, 6.45) is 0.177. The highest BCUT2D eigenvalue weighted by Crippen LogP contribution is 2.22. The van der Waals surface area contributed by atoms with Crippen LogP contribution < -0.4 is 4.31 Å². The van der Waals surface area contributed by atoms with Gasteiger partial charge in [0, 0.05) is 19.2 Å². The molecule has 1 unspecified atom stereocenters. The number of nitrogens with zero attached hydrogens (tertiary/aromatic N) is 3. The predicted molar refractivity (Wildman–Crippen MR) is 70.1 cm³/mol. The van der Waals surface area contributed by atoms with Crippen molar-refractivity contribution in [1.82, 2.24) is 0 Å². The lowest BCUT2D eigenvalue weighted by Crippen LogP contribution is -2.35. The lowest BCUT2D eigenvalue weighted by molar-refractivity contribution is -0.384. The highest BCUT2D eigenvalue weighted by Gasteiger charge is 2.28. The summed E-state index contributed by atoms with van der Waals surface area (Å²) in [5, 5.41) is 18.2. The number of anilines is 1. The first-order valence-corrected chi connectivity index (χ1v) is 6.96. The first-order chi connectivity index (χ1) is 8.84. The second-order valence-corrected chi connectivity index (χ2v) is 5.96. The number of nitro groups is 1. The van der Waals surface area contributed by atoms with Gasteiger partial charge in [0.1, 0.15) is 0 Å². The molecule has 1 rings (SSSR count). The van der Waals surface area contributed by atoms with E-state index in [1.807, 2.05) is 0 Å². The van der Waals surface area contributed by atoms with Gasteiger partial charge in [-0.3, -0.25) is 14.4 Å². The molecule has 102 valence electrons. The molecule has 1 aromatic rings. The van der Waals surface area contributed by atoms with E-state index in [0.29, 0.717) is 0 Å². The van der Waals surface area contributed by atoms with Crippen molar-refractivity contribution < 1.29 is 13.3 Å². The molecule has 1 aromatic carbocycles. The van der Waals surface area contributed by atoms with E-state index >= 15 is 0 Å². The average molecular weight is 283 g/mol. The normalized spacial score (nSPS) is 12.5. The minimum Gasteiger partial charge on any atom is -0.272 e. The van der Waals surface area contributed by atoms with Gasteiger partial charge in [-0.05, 0) is 18.6 Å². The maximum absolute atomic E-state index is 12.1. The van der Waals surface area contributed by atoms with Crippen LogP contribution in [0, 0.1) is 21.4 Å². The number of sulfonamides is 1. The zero-order valence-corrected chi connectivity index (χ0v) is 11.3. The third-order valence-electron chi connectivity index (χ3n) is 2.68. The van der Waals surface area contributed by atoms with Crippen molar-refractivity contribution in [2.75, 3.05) is 11.4 Å². The van der Waals surface area contributed by atoms with Crippen LogP contribution in [0.2, 0.25) is 0 Å². The Bertz CT molecular complexity index is 604. The molecule has 7 nitrogen and oxygen atoms in total. The minimum atomic E-state index is -3.78. The molecular formula is C11H13N3O4S. The molecule has 0 aromatic heterocycles. The Balaban J connectivity index is 3.10. The number of rotatable bonds is 5. The van der Waals surface area contributed by atoms with Crippen LogP contribution in [0.4, 0.5) is 11.4 Å². The second kappa shape index (κ2) is 5.67. The van der Waals surface area contributed by atoms with E-state index in [0.717, 1.165) is 4.31 Å². The Labute approximate surface area is 111 Å². The van der Waals surface area contributed by atoms with Crippen LogP contribution >= 0.6 is 0 Å². The fourth-order valence-corrected chi connectivity index (χ4v) is 2.84. The van der Waals surface area contributed by atoms with Gasteiger partial charge in [0.25, 0.3) is 15.7 Å². The Morgan fingerprint density at radius 2 is 1.95 bits per heavy atom. The summed E-state index contributed by atoms with van der Waals surface area (Å²) < 4.78 is 25.1. The van der Waals surface area contributed by atoms with Gasteiger partial charge < -0.3 is 0 Å². The number of hydrogen-bond acceptors (Lipinski definition) is 5. The molecule has 0 amide bonds. The fraction of sp³-hybridized carbons (Fsp3) is 0.364. The fourth-order valence-electron chi connectivity index (χ4n) is 1.49. The van der Waals surface area contributed by atoms with E-state index in [9.17, 15) is 18.5 Å². The number of non-ortho nitro benzene ring substituents is 1. The molecule has 0 radical (unpaired) electrons. The van der Waals surface area contributed by atoms with Crippen molar-refractivity contribution in [1.29, 1.82) is 5.26 Å². The smallest absolute Gasteiger partial charge is 0.269 e. The van der Waals surface area contributed by atoms with Gasteiger partial charge >= 0.3 is 0 Å². The number of benzene rings is 1. The lowest BCUT2D eigenvalue weighted by Gasteiger charge is -2.21. The third-order valence-corrected chi connectivity index (χ3v) is 4.81. The van der Waals surface area contributed by atoms with Crippen LogP contribution in [0.25, 0.3) is 0 Å². The van der Waals surface area contributed by atoms with E-state index in [-0.39, 0.29) is 17.8 Å². The Hall–Kier alpha value is -2.14. The SMILES string of the molecule is CCC(C#N)S(=O)(=O)N(C)c1ccc([N+](=O)[O-])cc1. The van der Waals surface area contributed by atoms with Gasteiger partial charge in [-0.1, -0.05) is 6.92 Å². The van der Waals surface area contributed by atoms with Gasteiger partial charge in [0.15, 0.2) is 5.25 Å². The first kappa shape index (κ1) is 14.9.